The molecule has 4 rings (SSSR count). The van der Waals surface area contributed by atoms with E-state index in [1.54, 1.807) is 6.07 Å². The van der Waals surface area contributed by atoms with Crippen molar-refractivity contribution >= 4 is 28.1 Å². The van der Waals surface area contributed by atoms with Gasteiger partial charge in [0.25, 0.3) is 5.91 Å². The summed E-state index contributed by atoms with van der Waals surface area (Å²) in [6, 6.07) is 9.12. The molecule has 0 aliphatic carbocycles. The number of nitrogens with zero attached hydrogens (tertiary/aromatic N) is 1. The zero-order valence-electron chi connectivity index (χ0n) is 15.6. The van der Waals surface area contributed by atoms with Crippen LogP contribution in [0.1, 0.15) is 20.9 Å². The summed E-state index contributed by atoms with van der Waals surface area (Å²) in [6.45, 7) is 0.254. The number of carbonyl (C=O) groups is 1. The number of fused-ring (bicyclic) bond motifs is 1. The number of carbonyl (C=O) groups excluding carboxylic acids is 1. The van der Waals surface area contributed by atoms with Crippen LogP contribution in [0.3, 0.4) is 0 Å². The Hall–Kier alpha value is -3.33. The van der Waals surface area contributed by atoms with Gasteiger partial charge in [-0.05, 0) is 35.2 Å². The van der Waals surface area contributed by atoms with Crippen LogP contribution in [0.25, 0.3) is 22.0 Å². The van der Waals surface area contributed by atoms with Gasteiger partial charge in [0.15, 0.2) is 0 Å². The number of aromatic nitrogens is 1. The Morgan fingerprint density at radius 2 is 2.07 bits per heavy atom. The number of hydrogen-bond donors (Lipinski definition) is 1. The number of hydrogen-bond acceptors (Lipinski definition) is 5. The van der Waals surface area contributed by atoms with Gasteiger partial charge in [0.1, 0.15) is 11.4 Å². The highest BCUT2D eigenvalue weighted by Gasteiger charge is 2.35. The van der Waals surface area contributed by atoms with Crippen LogP contribution in [0.5, 0.6) is 5.75 Å². The number of amides is 1. The lowest BCUT2D eigenvalue weighted by atomic mass is 10.00. The molecule has 1 amide bonds. The van der Waals surface area contributed by atoms with Gasteiger partial charge in [-0.15, -0.1) is 11.3 Å². The standard InChI is InChI=1S/C21H15F3N2O3S/c1-28-18-9-17(20(27)25-10-14-3-2-6-30-14)26-19-15(18)7-13(12-4-5-29-11-12)8-16(19)21(22,23)24/h2-9,11H,10H2,1H3,(H,25,27). The molecule has 30 heavy (non-hydrogen) atoms. The van der Waals surface area contributed by atoms with E-state index >= 15 is 0 Å². The van der Waals surface area contributed by atoms with E-state index in [9.17, 15) is 18.0 Å². The first-order chi connectivity index (χ1) is 14.4. The van der Waals surface area contributed by atoms with E-state index in [4.69, 9.17) is 9.15 Å². The molecule has 0 saturated carbocycles. The molecule has 3 heterocycles. The minimum absolute atomic E-state index is 0.122. The predicted molar refractivity (Wildman–Crippen MR) is 106 cm³/mol. The maximum absolute atomic E-state index is 13.8. The normalized spacial score (nSPS) is 11.6. The van der Waals surface area contributed by atoms with E-state index in [0.717, 1.165) is 10.9 Å². The number of methoxy groups -OCH3 is 1. The molecule has 3 aromatic heterocycles. The molecule has 0 unspecified atom stereocenters. The summed E-state index contributed by atoms with van der Waals surface area (Å²) < 4.78 is 51.8. The minimum Gasteiger partial charge on any atom is -0.496 e. The van der Waals surface area contributed by atoms with Crippen molar-refractivity contribution in [3.05, 3.63) is 70.4 Å². The molecule has 0 fully saturated rings. The first kappa shape index (κ1) is 20.0. The van der Waals surface area contributed by atoms with Crippen LogP contribution in [-0.2, 0) is 12.7 Å². The van der Waals surface area contributed by atoms with Gasteiger partial charge in [0.2, 0.25) is 0 Å². The molecular weight excluding hydrogens is 417 g/mol. The fourth-order valence-corrected chi connectivity index (χ4v) is 3.71. The Morgan fingerprint density at radius 3 is 2.70 bits per heavy atom. The second-order valence-electron chi connectivity index (χ2n) is 6.40. The maximum Gasteiger partial charge on any atom is 0.418 e. The number of thiophene rings is 1. The Bertz CT molecular complexity index is 1190. The molecule has 1 aromatic carbocycles. The van der Waals surface area contributed by atoms with Crippen LogP contribution in [0.2, 0.25) is 0 Å². The molecule has 5 nitrogen and oxygen atoms in total. The van der Waals surface area contributed by atoms with Gasteiger partial charge in [-0.1, -0.05) is 6.07 Å². The summed E-state index contributed by atoms with van der Waals surface area (Å²) in [5.74, 6) is -0.465. The van der Waals surface area contributed by atoms with Crippen LogP contribution < -0.4 is 10.1 Å². The molecule has 0 radical (unpaired) electrons. The third-order valence-corrected chi connectivity index (χ3v) is 5.37. The van der Waals surface area contributed by atoms with Crippen molar-refractivity contribution in [2.75, 3.05) is 7.11 Å². The number of halogens is 3. The lowest BCUT2D eigenvalue weighted by molar-refractivity contribution is -0.136. The third kappa shape index (κ3) is 3.88. The van der Waals surface area contributed by atoms with Crippen LogP contribution in [0.4, 0.5) is 13.2 Å². The lowest BCUT2D eigenvalue weighted by Crippen LogP contribution is -2.23. The van der Waals surface area contributed by atoms with Crippen molar-refractivity contribution in [3.8, 4) is 16.9 Å². The van der Waals surface area contributed by atoms with Gasteiger partial charge < -0.3 is 14.5 Å². The maximum atomic E-state index is 13.8. The van der Waals surface area contributed by atoms with Crippen LogP contribution in [0, 0.1) is 0 Å². The highest BCUT2D eigenvalue weighted by atomic mass is 32.1. The Balaban J connectivity index is 1.83. The van der Waals surface area contributed by atoms with Gasteiger partial charge in [0, 0.05) is 21.9 Å². The van der Waals surface area contributed by atoms with Gasteiger partial charge in [-0.2, -0.15) is 13.2 Å². The first-order valence-electron chi connectivity index (χ1n) is 8.80. The fraction of sp³-hybridized carbons (Fsp3) is 0.143. The van der Waals surface area contributed by atoms with Crippen LogP contribution in [-0.4, -0.2) is 18.0 Å². The number of pyridine rings is 1. The Morgan fingerprint density at radius 1 is 1.23 bits per heavy atom. The van der Waals surface area contributed by atoms with Crippen molar-refractivity contribution in [1.82, 2.24) is 10.3 Å². The topological polar surface area (TPSA) is 64.4 Å². The predicted octanol–water partition coefficient (Wildman–Crippen LogP) is 5.51. The largest absolute Gasteiger partial charge is 0.496 e. The fourth-order valence-electron chi connectivity index (χ4n) is 3.07. The zero-order valence-corrected chi connectivity index (χ0v) is 16.4. The number of benzene rings is 1. The van der Waals surface area contributed by atoms with E-state index < -0.39 is 17.6 Å². The number of nitrogens with one attached hydrogen (secondary N) is 1. The Labute approximate surface area is 173 Å². The van der Waals surface area contributed by atoms with E-state index in [-0.39, 0.29) is 28.9 Å². The molecule has 0 aliphatic heterocycles. The van der Waals surface area contributed by atoms with Crippen molar-refractivity contribution < 1.29 is 27.1 Å². The molecule has 0 spiro atoms. The third-order valence-electron chi connectivity index (χ3n) is 4.49. The van der Waals surface area contributed by atoms with E-state index in [0.29, 0.717) is 11.1 Å². The lowest BCUT2D eigenvalue weighted by Gasteiger charge is -2.15. The average molecular weight is 432 g/mol. The molecule has 4 aromatic rings. The summed E-state index contributed by atoms with van der Waals surface area (Å²) in [5.41, 5.74) is -0.670. The molecule has 0 bridgehead atoms. The molecule has 154 valence electrons. The first-order valence-corrected chi connectivity index (χ1v) is 9.68. The van der Waals surface area contributed by atoms with Crippen molar-refractivity contribution in [2.24, 2.45) is 0 Å². The summed E-state index contributed by atoms with van der Waals surface area (Å²) in [4.78, 5) is 17.5. The molecular formula is C21H15F3N2O3S. The average Bonchev–Trinajstić information content (AvgIpc) is 3.43. The van der Waals surface area contributed by atoms with Crippen LogP contribution in [0.15, 0.2) is 58.7 Å². The van der Waals surface area contributed by atoms with Gasteiger partial charge in [0.05, 0.1) is 37.3 Å². The number of furan rings is 1. The number of rotatable bonds is 5. The SMILES string of the molecule is COc1cc(C(=O)NCc2cccs2)nc2c(C(F)(F)F)cc(-c3ccoc3)cc12. The second-order valence-corrected chi connectivity index (χ2v) is 7.43. The van der Waals surface area contributed by atoms with Gasteiger partial charge in [-0.25, -0.2) is 4.98 Å². The highest BCUT2D eigenvalue weighted by Crippen LogP contribution is 2.40. The quantitative estimate of drug-likeness (QED) is 0.451. The van der Waals surface area contributed by atoms with E-state index in [1.807, 2.05) is 17.5 Å². The summed E-state index contributed by atoms with van der Waals surface area (Å²) >= 11 is 1.46. The van der Waals surface area contributed by atoms with E-state index in [1.165, 1.54) is 43.1 Å². The van der Waals surface area contributed by atoms with E-state index in [2.05, 4.69) is 10.3 Å². The molecule has 0 saturated heterocycles. The van der Waals surface area contributed by atoms with Crippen molar-refractivity contribution in [2.45, 2.75) is 12.7 Å². The smallest absolute Gasteiger partial charge is 0.418 e. The molecule has 1 N–H and O–H groups in total. The summed E-state index contributed by atoms with van der Waals surface area (Å²) in [5, 5.41) is 4.69. The number of ether oxygens (including phenoxy) is 1. The second kappa shape index (κ2) is 7.83. The molecule has 9 heteroatoms. The van der Waals surface area contributed by atoms with Crippen molar-refractivity contribution in [3.63, 3.8) is 0 Å². The summed E-state index contributed by atoms with van der Waals surface area (Å²) in [6.07, 6.45) is -1.95. The molecule has 0 aliphatic rings. The minimum atomic E-state index is -4.68. The van der Waals surface area contributed by atoms with Gasteiger partial charge >= 0.3 is 6.18 Å². The monoisotopic (exact) mass is 432 g/mol. The highest BCUT2D eigenvalue weighted by molar-refractivity contribution is 7.09. The summed E-state index contributed by atoms with van der Waals surface area (Å²) in [7, 11) is 1.33. The molecule has 0 atom stereocenters. The van der Waals surface area contributed by atoms with Crippen LogP contribution >= 0.6 is 11.3 Å². The number of alkyl halides is 3. The van der Waals surface area contributed by atoms with Crippen molar-refractivity contribution in [1.29, 1.82) is 0 Å². The Kier molecular flexibility index (Phi) is 5.21. The van der Waals surface area contributed by atoms with Gasteiger partial charge in [-0.3, -0.25) is 4.79 Å². The zero-order chi connectivity index (χ0) is 21.3.